The Labute approximate surface area is 134 Å². The van der Waals surface area contributed by atoms with Gasteiger partial charge in [0, 0.05) is 11.4 Å². The number of ether oxygens (including phenoxy) is 1. The number of hydrogen-bond donors (Lipinski definition) is 2. The molecule has 0 saturated heterocycles. The van der Waals surface area contributed by atoms with Crippen molar-refractivity contribution in [1.29, 1.82) is 0 Å². The fourth-order valence-electron chi connectivity index (χ4n) is 1.70. The Morgan fingerprint density at radius 1 is 1.27 bits per heavy atom. The van der Waals surface area contributed by atoms with Crippen LogP contribution in [0, 0.1) is 0 Å². The second kappa shape index (κ2) is 9.09. The van der Waals surface area contributed by atoms with Crippen LogP contribution in [0.1, 0.15) is 24.2 Å². The fourth-order valence-corrected chi connectivity index (χ4v) is 2.28. The van der Waals surface area contributed by atoms with Crippen LogP contribution in [0.2, 0.25) is 0 Å². The summed E-state index contributed by atoms with van der Waals surface area (Å²) in [5.74, 6) is -1.37. The summed E-state index contributed by atoms with van der Waals surface area (Å²) in [6, 6.07) is 6.32. The van der Waals surface area contributed by atoms with Crippen molar-refractivity contribution in [2.24, 2.45) is 0 Å². The molecule has 0 saturated carbocycles. The van der Waals surface area contributed by atoms with E-state index in [9.17, 15) is 14.4 Å². The normalized spacial score (nSPS) is 11.4. The molecule has 1 aromatic rings. The molecule has 0 unspecified atom stereocenters. The molecule has 1 atom stereocenters. The topological polar surface area (TPSA) is 84.5 Å². The highest BCUT2D eigenvalue weighted by atomic mass is 32.2. The summed E-state index contributed by atoms with van der Waals surface area (Å²) in [6.45, 7) is 3.41. The maximum absolute atomic E-state index is 12.0. The van der Waals surface area contributed by atoms with Crippen molar-refractivity contribution in [1.82, 2.24) is 10.6 Å². The van der Waals surface area contributed by atoms with Crippen molar-refractivity contribution in [3.63, 3.8) is 0 Å². The summed E-state index contributed by atoms with van der Waals surface area (Å²) in [5, 5.41) is 5.06. The van der Waals surface area contributed by atoms with Crippen LogP contribution in [0.3, 0.4) is 0 Å². The van der Waals surface area contributed by atoms with Crippen LogP contribution in [0.15, 0.2) is 29.2 Å². The van der Waals surface area contributed by atoms with Crippen LogP contribution in [-0.2, 0) is 14.3 Å². The molecule has 0 fully saturated rings. The van der Waals surface area contributed by atoms with Crippen molar-refractivity contribution >= 4 is 29.5 Å². The third-order valence-electron chi connectivity index (χ3n) is 2.78. The first kappa shape index (κ1) is 18.0. The first-order chi connectivity index (χ1) is 10.5. The Bertz CT molecular complexity index is 548. The first-order valence-corrected chi connectivity index (χ1v) is 8.09. The van der Waals surface area contributed by atoms with Gasteiger partial charge in [-0.1, -0.05) is 12.1 Å². The summed E-state index contributed by atoms with van der Waals surface area (Å²) in [4.78, 5) is 35.9. The van der Waals surface area contributed by atoms with E-state index in [4.69, 9.17) is 4.74 Å². The molecule has 22 heavy (non-hydrogen) atoms. The zero-order valence-corrected chi connectivity index (χ0v) is 13.7. The second-order valence-corrected chi connectivity index (χ2v) is 5.31. The van der Waals surface area contributed by atoms with E-state index in [-0.39, 0.29) is 5.91 Å². The van der Waals surface area contributed by atoms with Gasteiger partial charge in [0.05, 0.1) is 5.56 Å². The average Bonchev–Trinajstić information content (AvgIpc) is 2.52. The molecule has 7 heteroatoms. The van der Waals surface area contributed by atoms with Gasteiger partial charge in [-0.15, -0.1) is 11.8 Å². The van der Waals surface area contributed by atoms with Gasteiger partial charge in [-0.25, -0.2) is 4.79 Å². The van der Waals surface area contributed by atoms with E-state index in [0.717, 1.165) is 4.90 Å². The minimum absolute atomic E-state index is 0.282. The third kappa shape index (κ3) is 5.40. The largest absolute Gasteiger partial charge is 0.452 e. The Morgan fingerprint density at radius 2 is 1.95 bits per heavy atom. The molecular formula is C15H20N2O4S. The Hall–Kier alpha value is -2.02. The van der Waals surface area contributed by atoms with Gasteiger partial charge in [-0.05, 0) is 32.2 Å². The standard InChI is InChI=1S/C15H20N2O4S/c1-4-16-14(19)10(2)17-13(18)9-21-15(20)11-7-5-6-8-12(11)22-3/h5-8,10H,4,9H2,1-3H3,(H,16,19)(H,17,18)/t10-/m0/s1. The molecule has 0 aliphatic rings. The number of likely N-dealkylation sites (N-methyl/N-ethyl adjacent to an activating group) is 1. The molecule has 1 aromatic carbocycles. The quantitative estimate of drug-likeness (QED) is 0.582. The molecule has 1 rings (SSSR count). The molecule has 0 heterocycles. The maximum atomic E-state index is 12.0. The molecule has 6 nitrogen and oxygen atoms in total. The number of thioether (sulfide) groups is 1. The van der Waals surface area contributed by atoms with E-state index in [1.165, 1.54) is 11.8 Å². The summed E-state index contributed by atoms with van der Waals surface area (Å²) in [5.41, 5.74) is 0.416. The van der Waals surface area contributed by atoms with Gasteiger partial charge in [0.2, 0.25) is 5.91 Å². The molecule has 0 aliphatic heterocycles. The van der Waals surface area contributed by atoms with E-state index in [1.54, 1.807) is 32.0 Å². The number of carbonyl (C=O) groups excluding carboxylic acids is 3. The minimum Gasteiger partial charge on any atom is -0.452 e. The van der Waals surface area contributed by atoms with Crippen LogP contribution in [0.25, 0.3) is 0 Å². The van der Waals surface area contributed by atoms with E-state index in [1.807, 2.05) is 12.3 Å². The average molecular weight is 324 g/mol. The summed E-state index contributed by atoms with van der Waals surface area (Å²) < 4.78 is 4.98. The molecule has 2 N–H and O–H groups in total. The van der Waals surface area contributed by atoms with E-state index in [2.05, 4.69) is 10.6 Å². The number of rotatable bonds is 7. The maximum Gasteiger partial charge on any atom is 0.339 e. The van der Waals surface area contributed by atoms with Gasteiger partial charge in [-0.2, -0.15) is 0 Å². The van der Waals surface area contributed by atoms with Crippen LogP contribution >= 0.6 is 11.8 Å². The Morgan fingerprint density at radius 3 is 2.59 bits per heavy atom. The molecular weight excluding hydrogens is 304 g/mol. The van der Waals surface area contributed by atoms with Gasteiger partial charge in [0.1, 0.15) is 6.04 Å². The summed E-state index contributed by atoms with van der Waals surface area (Å²) in [6.07, 6.45) is 1.85. The highest BCUT2D eigenvalue weighted by Crippen LogP contribution is 2.20. The number of esters is 1. The number of hydrogen-bond acceptors (Lipinski definition) is 5. The van der Waals surface area contributed by atoms with Gasteiger partial charge < -0.3 is 15.4 Å². The van der Waals surface area contributed by atoms with Crippen molar-refractivity contribution in [3.8, 4) is 0 Å². The molecule has 0 radical (unpaired) electrons. The van der Waals surface area contributed by atoms with E-state index < -0.39 is 24.5 Å². The lowest BCUT2D eigenvalue weighted by atomic mass is 10.2. The van der Waals surface area contributed by atoms with Gasteiger partial charge in [0.25, 0.3) is 5.91 Å². The molecule has 0 bridgehead atoms. The predicted molar refractivity (Wildman–Crippen MR) is 84.8 cm³/mol. The lowest BCUT2D eigenvalue weighted by Gasteiger charge is -2.13. The fraction of sp³-hybridized carbons (Fsp3) is 0.400. The summed E-state index contributed by atoms with van der Waals surface area (Å²) >= 11 is 1.42. The molecule has 2 amide bonds. The first-order valence-electron chi connectivity index (χ1n) is 6.86. The van der Waals surface area contributed by atoms with E-state index >= 15 is 0 Å². The van der Waals surface area contributed by atoms with Crippen LogP contribution in [0.5, 0.6) is 0 Å². The lowest BCUT2D eigenvalue weighted by molar-refractivity contribution is -0.130. The van der Waals surface area contributed by atoms with Crippen molar-refractivity contribution in [3.05, 3.63) is 29.8 Å². The van der Waals surface area contributed by atoms with Gasteiger partial charge >= 0.3 is 5.97 Å². The molecule has 120 valence electrons. The monoisotopic (exact) mass is 324 g/mol. The van der Waals surface area contributed by atoms with Gasteiger partial charge in [-0.3, -0.25) is 9.59 Å². The molecule has 0 spiro atoms. The lowest BCUT2D eigenvalue weighted by Crippen LogP contribution is -2.46. The molecule has 0 aromatic heterocycles. The van der Waals surface area contributed by atoms with Crippen LogP contribution in [-0.4, -0.2) is 43.2 Å². The van der Waals surface area contributed by atoms with Crippen molar-refractivity contribution in [2.45, 2.75) is 24.8 Å². The van der Waals surface area contributed by atoms with Crippen LogP contribution in [0.4, 0.5) is 0 Å². The predicted octanol–water partition coefficient (Wildman–Crippen LogP) is 1.21. The van der Waals surface area contributed by atoms with Crippen molar-refractivity contribution in [2.75, 3.05) is 19.4 Å². The third-order valence-corrected chi connectivity index (χ3v) is 3.58. The number of carbonyl (C=O) groups is 3. The smallest absolute Gasteiger partial charge is 0.339 e. The number of benzene rings is 1. The number of amides is 2. The van der Waals surface area contributed by atoms with Crippen LogP contribution < -0.4 is 10.6 Å². The summed E-state index contributed by atoms with van der Waals surface area (Å²) in [7, 11) is 0. The Balaban J connectivity index is 2.50. The zero-order valence-electron chi connectivity index (χ0n) is 12.8. The van der Waals surface area contributed by atoms with E-state index in [0.29, 0.717) is 12.1 Å². The minimum atomic E-state index is -0.676. The second-order valence-electron chi connectivity index (χ2n) is 4.46. The number of nitrogens with one attached hydrogen (secondary N) is 2. The molecule has 0 aliphatic carbocycles. The highest BCUT2D eigenvalue weighted by molar-refractivity contribution is 7.98. The van der Waals surface area contributed by atoms with Crippen molar-refractivity contribution < 1.29 is 19.1 Å². The van der Waals surface area contributed by atoms with Gasteiger partial charge in [0.15, 0.2) is 6.61 Å². The Kier molecular flexibility index (Phi) is 7.45. The zero-order chi connectivity index (χ0) is 16.5. The SMILES string of the molecule is CCNC(=O)[C@H](C)NC(=O)COC(=O)c1ccccc1SC. The highest BCUT2D eigenvalue weighted by Gasteiger charge is 2.17.